The van der Waals surface area contributed by atoms with Gasteiger partial charge in [-0.1, -0.05) is 0 Å². The van der Waals surface area contributed by atoms with Crippen molar-refractivity contribution in [1.82, 2.24) is 4.98 Å². The molecule has 1 atom stereocenters. The summed E-state index contributed by atoms with van der Waals surface area (Å²) in [6.07, 6.45) is -3.30. The van der Waals surface area contributed by atoms with Gasteiger partial charge in [0, 0.05) is 18.8 Å². The van der Waals surface area contributed by atoms with Crippen LogP contribution in [-0.4, -0.2) is 29.1 Å². The predicted molar refractivity (Wildman–Crippen MR) is 71.6 cm³/mol. The van der Waals surface area contributed by atoms with Gasteiger partial charge in [-0.25, -0.2) is 4.98 Å². The van der Waals surface area contributed by atoms with Crippen LogP contribution in [0.3, 0.4) is 0 Å². The summed E-state index contributed by atoms with van der Waals surface area (Å²) in [5.74, 6) is -2.60. The summed E-state index contributed by atoms with van der Waals surface area (Å²) >= 11 is 0. The monoisotopic (exact) mass is 314 g/mol. The number of rotatable bonds is 2. The molecule has 0 aliphatic carbocycles. The van der Waals surface area contributed by atoms with Gasteiger partial charge in [-0.05, 0) is 31.0 Å². The van der Waals surface area contributed by atoms with Crippen LogP contribution in [0.15, 0.2) is 22.6 Å². The SMILES string of the molecule is O=C(O)C1CCCN(c2ccc3oc(C(F)(F)F)nc3c2)C1. The molecule has 0 bridgehead atoms. The quantitative estimate of drug-likeness (QED) is 0.922. The molecule has 1 saturated heterocycles. The molecular weight excluding hydrogens is 301 g/mol. The molecule has 1 aromatic carbocycles. The summed E-state index contributed by atoms with van der Waals surface area (Å²) in [6, 6.07) is 4.55. The van der Waals surface area contributed by atoms with E-state index in [9.17, 15) is 18.0 Å². The van der Waals surface area contributed by atoms with E-state index in [1.54, 1.807) is 6.07 Å². The molecule has 0 saturated carbocycles. The maximum atomic E-state index is 12.6. The minimum atomic E-state index is -4.63. The highest BCUT2D eigenvalue weighted by Gasteiger charge is 2.37. The van der Waals surface area contributed by atoms with Crippen molar-refractivity contribution >= 4 is 22.8 Å². The fraction of sp³-hybridized carbons (Fsp3) is 0.429. The van der Waals surface area contributed by atoms with Gasteiger partial charge < -0.3 is 14.4 Å². The smallest absolute Gasteiger partial charge is 0.468 e. The Labute approximate surface area is 123 Å². The average Bonchev–Trinajstić information content (AvgIpc) is 2.90. The number of benzene rings is 1. The van der Waals surface area contributed by atoms with Crippen LogP contribution in [0.2, 0.25) is 0 Å². The number of aromatic nitrogens is 1. The van der Waals surface area contributed by atoms with E-state index in [2.05, 4.69) is 9.40 Å². The van der Waals surface area contributed by atoms with Crippen LogP contribution >= 0.6 is 0 Å². The topological polar surface area (TPSA) is 66.6 Å². The highest BCUT2D eigenvalue weighted by molar-refractivity contribution is 5.78. The van der Waals surface area contributed by atoms with E-state index in [0.717, 1.165) is 6.42 Å². The number of carboxylic acid groups (broad SMARTS) is 1. The number of carbonyl (C=O) groups is 1. The number of hydrogen-bond donors (Lipinski definition) is 1. The van der Waals surface area contributed by atoms with E-state index < -0.39 is 24.0 Å². The number of nitrogens with zero attached hydrogens (tertiary/aromatic N) is 2. The molecular formula is C14H13F3N2O3. The van der Waals surface area contributed by atoms with Crippen molar-refractivity contribution in [1.29, 1.82) is 0 Å². The maximum absolute atomic E-state index is 12.6. The second-order valence-electron chi connectivity index (χ2n) is 5.29. The van der Waals surface area contributed by atoms with Gasteiger partial charge in [-0.15, -0.1) is 0 Å². The van der Waals surface area contributed by atoms with Gasteiger partial charge in [-0.3, -0.25) is 4.79 Å². The Hall–Kier alpha value is -2.25. The number of piperidine rings is 1. The van der Waals surface area contributed by atoms with Gasteiger partial charge in [-0.2, -0.15) is 13.2 Å². The molecule has 22 heavy (non-hydrogen) atoms. The highest BCUT2D eigenvalue weighted by atomic mass is 19.4. The summed E-state index contributed by atoms with van der Waals surface area (Å²) in [6.45, 7) is 1.00. The Kier molecular flexibility index (Phi) is 3.46. The Morgan fingerprint density at radius 1 is 1.41 bits per heavy atom. The first kappa shape index (κ1) is 14.7. The number of anilines is 1. The van der Waals surface area contributed by atoms with Crippen molar-refractivity contribution in [2.75, 3.05) is 18.0 Å². The van der Waals surface area contributed by atoms with Crippen molar-refractivity contribution in [3.63, 3.8) is 0 Å². The van der Waals surface area contributed by atoms with Crippen LogP contribution in [0.25, 0.3) is 11.1 Å². The van der Waals surface area contributed by atoms with Crippen molar-refractivity contribution in [3.05, 3.63) is 24.1 Å². The van der Waals surface area contributed by atoms with Crippen molar-refractivity contribution < 1.29 is 27.5 Å². The first-order chi connectivity index (χ1) is 10.3. The van der Waals surface area contributed by atoms with Crippen LogP contribution in [-0.2, 0) is 11.0 Å². The fourth-order valence-electron chi connectivity index (χ4n) is 2.65. The van der Waals surface area contributed by atoms with Gasteiger partial charge in [0.05, 0.1) is 5.92 Å². The van der Waals surface area contributed by atoms with Crippen LogP contribution in [0.5, 0.6) is 0 Å². The summed E-state index contributed by atoms with van der Waals surface area (Å²) in [5.41, 5.74) is 0.825. The van der Waals surface area contributed by atoms with Gasteiger partial charge >= 0.3 is 18.0 Å². The van der Waals surface area contributed by atoms with Crippen molar-refractivity contribution in [2.45, 2.75) is 19.0 Å². The first-order valence-corrected chi connectivity index (χ1v) is 6.80. The Morgan fingerprint density at radius 2 is 2.18 bits per heavy atom. The van der Waals surface area contributed by atoms with Crippen LogP contribution < -0.4 is 4.90 Å². The molecule has 1 unspecified atom stereocenters. The first-order valence-electron chi connectivity index (χ1n) is 6.80. The van der Waals surface area contributed by atoms with Crippen molar-refractivity contribution in [3.8, 4) is 0 Å². The molecule has 1 aliphatic heterocycles. The number of hydrogen-bond acceptors (Lipinski definition) is 4. The second kappa shape index (κ2) is 5.19. The third-order valence-corrected chi connectivity index (χ3v) is 3.75. The Morgan fingerprint density at radius 3 is 2.86 bits per heavy atom. The molecule has 2 heterocycles. The van der Waals surface area contributed by atoms with Crippen LogP contribution in [0.1, 0.15) is 18.7 Å². The second-order valence-corrected chi connectivity index (χ2v) is 5.29. The fourth-order valence-corrected chi connectivity index (χ4v) is 2.65. The molecule has 8 heteroatoms. The standard InChI is InChI=1S/C14H13F3N2O3/c15-14(16,17)13-18-10-6-9(3-4-11(10)22-13)19-5-1-2-8(7-19)12(20)21/h3-4,6,8H,1-2,5,7H2,(H,20,21). The number of fused-ring (bicyclic) bond motifs is 1. The summed E-state index contributed by atoms with van der Waals surface area (Å²) in [5, 5.41) is 9.09. The van der Waals surface area contributed by atoms with Gasteiger partial charge in [0.2, 0.25) is 0 Å². The van der Waals surface area contributed by atoms with E-state index >= 15 is 0 Å². The molecule has 3 rings (SSSR count). The zero-order valence-electron chi connectivity index (χ0n) is 11.4. The van der Waals surface area contributed by atoms with E-state index in [1.807, 2.05) is 4.90 Å². The normalized spacial score (nSPS) is 19.6. The summed E-state index contributed by atoms with van der Waals surface area (Å²) in [4.78, 5) is 16.4. The molecule has 1 fully saturated rings. The lowest BCUT2D eigenvalue weighted by Crippen LogP contribution is -2.38. The largest absolute Gasteiger partial charge is 0.481 e. The maximum Gasteiger partial charge on any atom is 0.468 e. The molecule has 5 nitrogen and oxygen atoms in total. The minimum absolute atomic E-state index is 0.0582. The molecule has 118 valence electrons. The van der Waals surface area contributed by atoms with E-state index in [1.165, 1.54) is 12.1 Å². The van der Waals surface area contributed by atoms with Crippen molar-refractivity contribution in [2.24, 2.45) is 5.92 Å². The molecule has 0 radical (unpaired) electrons. The predicted octanol–water partition coefficient (Wildman–Crippen LogP) is 3.15. The highest BCUT2D eigenvalue weighted by Crippen LogP contribution is 2.33. The van der Waals surface area contributed by atoms with E-state index in [-0.39, 0.29) is 11.1 Å². The lowest BCUT2D eigenvalue weighted by Gasteiger charge is -2.32. The van der Waals surface area contributed by atoms with E-state index in [4.69, 9.17) is 5.11 Å². The Bertz CT molecular complexity index is 711. The molecule has 1 aromatic heterocycles. The number of carboxylic acids is 1. The number of alkyl halides is 3. The lowest BCUT2D eigenvalue weighted by atomic mass is 9.98. The third-order valence-electron chi connectivity index (χ3n) is 3.75. The van der Waals surface area contributed by atoms with Crippen LogP contribution in [0.4, 0.5) is 18.9 Å². The van der Waals surface area contributed by atoms with E-state index in [0.29, 0.717) is 25.2 Å². The van der Waals surface area contributed by atoms with Gasteiger partial charge in [0.15, 0.2) is 5.58 Å². The molecule has 1 N–H and O–H groups in total. The van der Waals surface area contributed by atoms with Gasteiger partial charge in [0.25, 0.3) is 0 Å². The zero-order chi connectivity index (χ0) is 15.9. The molecule has 0 spiro atoms. The summed E-state index contributed by atoms with van der Waals surface area (Å²) in [7, 11) is 0. The molecule has 1 aliphatic rings. The van der Waals surface area contributed by atoms with Crippen LogP contribution in [0, 0.1) is 5.92 Å². The number of oxazole rings is 1. The zero-order valence-corrected chi connectivity index (χ0v) is 11.4. The Balaban J connectivity index is 1.90. The molecule has 2 aromatic rings. The lowest BCUT2D eigenvalue weighted by molar-refractivity contribution is -0.156. The number of halogens is 3. The number of aliphatic carboxylic acids is 1. The van der Waals surface area contributed by atoms with Gasteiger partial charge in [0.1, 0.15) is 5.52 Å². The summed E-state index contributed by atoms with van der Waals surface area (Å²) < 4.78 is 42.5. The average molecular weight is 314 g/mol. The molecule has 0 amide bonds. The minimum Gasteiger partial charge on any atom is -0.481 e. The third kappa shape index (κ3) is 2.72.